The van der Waals surface area contributed by atoms with Gasteiger partial charge in [-0.1, -0.05) is 0 Å². The Morgan fingerprint density at radius 1 is 1.33 bits per heavy atom. The second-order valence-corrected chi connectivity index (χ2v) is 6.60. The molecular formula is C15H28N2O4. The lowest BCUT2D eigenvalue weighted by atomic mass is 10.1. The quantitative estimate of drug-likeness (QED) is 0.785. The molecule has 2 amide bonds. The molecule has 0 aromatic rings. The van der Waals surface area contributed by atoms with Gasteiger partial charge in [-0.15, -0.1) is 0 Å². The monoisotopic (exact) mass is 300 g/mol. The standard InChI is InChI=1S/C15H28N2O4/c1-15(2,3)17(10-8-13(19)20)14(21)16-9-4-6-12(16)7-5-11-18/h12,18H,4-11H2,1-3H3,(H,19,20). The Bertz CT molecular complexity index is 365. The van der Waals surface area contributed by atoms with E-state index >= 15 is 0 Å². The molecule has 0 aliphatic carbocycles. The van der Waals surface area contributed by atoms with E-state index in [-0.39, 0.29) is 31.6 Å². The first-order valence-corrected chi connectivity index (χ1v) is 7.68. The van der Waals surface area contributed by atoms with Gasteiger partial charge in [-0.25, -0.2) is 4.79 Å². The molecule has 21 heavy (non-hydrogen) atoms. The molecule has 0 spiro atoms. The van der Waals surface area contributed by atoms with Crippen molar-refractivity contribution < 1.29 is 19.8 Å². The van der Waals surface area contributed by atoms with E-state index in [1.54, 1.807) is 4.90 Å². The molecule has 0 aromatic heterocycles. The summed E-state index contributed by atoms with van der Waals surface area (Å²) in [7, 11) is 0. The molecule has 1 atom stereocenters. The number of aliphatic hydroxyl groups excluding tert-OH is 1. The molecule has 1 fully saturated rings. The predicted molar refractivity (Wildman–Crippen MR) is 80.2 cm³/mol. The van der Waals surface area contributed by atoms with E-state index in [0.29, 0.717) is 13.0 Å². The van der Waals surface area contributed by atoms with Gasteiger partial charge in [0.1, 0.15) is 0 Å². The molecule has 1 unspecified atom stereocenters. The van der Waals surface area contributed by atoms with Crippen LogP contribution in [0.4, 0.5) is 4.79 Å². The SMILES string of the molecule is CC(C)(C)N(CCC(=O)O)C(=O)N1CCCC1CCCO. The molecule has 0 radical (unpaired) electrons. The summed E-state index contributed by atoms with van der Waals surface area (Å²) < 4.78 is 0. The van der Waals surface area contributed by atoms with Gasteiger partial charge in [0.05, 0.1) is 6.42 Å². The number of likely N-dealkylation sites (tertiary alicyclic amines) is 1. The smallest absolute Gasteiger partial charge is 0.320 e. The topological polar surface area (TPSA) is 81.1 Å². The van der Waals surface area contributed by atoms with Crippen LogP contribution in [0.1, 0.15) is 52.9 Å². The Balaban J connectivity index is 2.76. The number of nitrogens with zero attached hydrogens (tertiary/aromatic N) is 2. The van der Waals surface area contributed by atoms with Crippen molar-refractivity contribution in [1.29, 1.82) is 0 Å². The highest BCUT2D eigenvalue weighted by atomic mass is 16.4. The molecule has 1 aliphatic rings. The van der Waals surface area contributed by atoms with Crippen molar-refractivity contribution in [3.63, 3.8) is 0 Å². The van der Waals surface area contributed by atoms with Crippen LogP contribution < -0.4 is 0 Å². The molecule has 2 N–H and O–H groups in total. The van der Waals surface area contributed by atoms with Gasteiger partial charge in [-0.2, -0.15) is 0 Å². The van der Waals surface area contributed by atoms with Crippen LogP contribution in [0.2, 0.25) is 0 Å². The number of carbonyl (C=O) groups excluding carboxylic acids is 1. The van der Waals surface area contributed by atoms with E-state index in [1.807, 2.05) is 25.7 Å². The van der Waals surface area contributed by atoms with E-state index in [1.165, 1.54) is 0 Å². The van der Waals surface area contributed by atoms with Gasteiger partial charge in [0.25, 0.3) is 0 Å². The molecule has 1 heterocycles. The van der Waals surface area contributed by atoms with Crippen LogP contribution in [-0.4, -0.2) is 63.3 Å². The maximum Gasteiger partial charge on any atom is 0.320 e. The number of carboxylic acids is 1. The largest absolute Gasteiger partial charge is 0.481 e. The van der Waals surface area contributed by atoms with Gasteiger partial charge in [0.2, 0.25) is 0 Å². The van der Waals surface area contributed by atoms with Crippen LogP contribution in [0.5, 0.6) is 0 Å². The number of aliphatic hydroxyl groups is 1. The maximum absolute atomic E-state index is 12.8. The average Bonchev–Trinajstić information content (AvgIpc) is 2.82. The summed E-state index contributed by atoms with van der Waals surface area (Å²) in [5.74, 6) is -0.893. The van der Waals surface area contributed by atoms with Crippen LogP contribution in [-0.2, 0) is 4.79 Å². The van der Waals surface area contributed by atoms with E-state index < -0.39 is 11.5 Å². The van der Waals surface area contributed by atoms with Crippen LogP contribution in [0, 0.1) is 0 Å². The number of carboxylic acid groups (broad SMARTS) is 1. The Labute approximate surface area is 126 Å². The minimum absolute atomic E-state index is 0.0435. The first-order chi connectivity index (χ1) is 9.77. The lowest BCUT2D eigenvalue weighted by molar-refractivity contribution is -0.137. The molecule has 122 valence electrons. The van der Waals surface area contributed by atoms with E-state index in [0.717, 1.165) is 19.3 Å². The molecule has 1 aliphatic heterocycles. The number of aliphatic carboxylic acids is 1. The van der Waals surface area contributed by atoms with Crippen molar-refractivity contribution >= 4 is 12.0 Å². The minimum atomic E-state index is -0.893. The number of urea groups is 1. The summed E-state index contributed by atoms with van der Waals surface area (Å²) in [4.78, 5) is 27.1. The second-order valence-electron chi connectivity index (χ2n) is 6.60. The zero-order valence-electron chi connectivity index (χ0n) is 13.3. The van der Waals surface area contributed by atoms with Gasteiger partial charge < -0.3 is 20.0 Å². The summed E-state index contributed by atoms with van der Waals surface area (Å²) >= 11 is 0. The van der Waals surface area contributed by atoms with Crippen molar-refractivity contribution in [2.45, 2.75) is 64.5 Å². The lowest BCUT2D eigenvalue weighted by Gasteiger charge is -2.39. The normalized spacial score (nSPS) is 18.9. The van der Waals surface area contributed by atoms with Crippen molar-refractivity contribution in [1.82, 2.24) is 9.80 Å². The highest BCUT2D eigenvalue weighted by Gasteiger charge is 2.35. The molecule has 0 saturated carbocycles. The summed E-state index contributed by atoms with van der Waals surface area (Å²) in [6.45, 7) is 6.85. The van der Waals surface area contributed by atoms with E-state index in [9.17, 15) is 9.59 Å². The minimum Gasteiger partial charge on any atom is -0.481 e. The van der Waals surface area contributed by atoms with Crippen molar-refractivity contribution in [3.8, 4) is 0 Å². The highest BCUT2D eigenvalue weighted by molar-refractivity contribution is 5.77. The summed E-state index contributed by atoms with van der Waals surface area (Å²) in [6, 6.07) is 0.0866. The zero-order valence-corrected chi connectivity index (χ0v) is 13.3. The van der Waals surface area contributed by atoms with Gasteiger partial charge in [-0.05, 0) is 46.5 Å². The Kier molecular flexibility index (Phi) is 6.45. The Morgan fingerprint density at radius 3 is 2.52 bits per heavy atom. The number of hydrogen-bond acceptors (Lipinski definition) is 3. The van der Waals surface area contributed by atoms with Crippen LogP contribution in [0.15, 0.2) is 0 Å². The third kappa shape index (κ3) is 5.19. The van der Waals surface area contributed by atoms with Crippen LogP contribution in [0.25, 0.3) is 0 Å². The number of rotatable bonds is 6. The molecule has 0 aromatic carbocycles. The van der Waals surface area contributed by atoms with Crippen molar-refractivity contribution in [2.24, 2.45) is 0 Å². The number of carbonyl (C=O) groups is 2. The van der Waals surface area contributed by atoms with Gasteiger partial charge in [-0.3, -0.25) is 4.79 Å². The molecule has 6 heteroatoms. The van der Waals surface area contributed by atoms with Crippen molar-refractivity contribution in [3.05, 3.63) is 0 Å². The number of amides is 2. The highest BCUT2D eigenvalue weighted by Crippen LogP contribution is 2.25. The van der Waals surface area contributed by atoms with E-state index in [4.69, 9.17) is 10.2 Å². The van der Waals surface area contributed by atoms with Crippen molar-refractivity contribution in [2.75, 3.05) is 19.7 Å². The number of hydrogen-bond donors (Lipinski definition) is 2. The summed E-state index contributed by atoms with van der Waals surface area (Å²) in [5.41, 5.74) is -0.406. The zero-order chi connectivity index (χ0) is 16.0. The summed E-state index contributed by atoms with van der Waals surface area (Å²) in [5, 5.41) is 17.8. The van der Waals surface area contributed by atoms with Crippen LogP contribution >= 0.6 is 0 Å². The second kappa shape index (κ2) is 7.64. The Hall–Kier alpha value is -1.30. The predicted octanol–water partition coefficient (Wildman–Crippen LogP) is 1.92. The maximum atomic E-state index is 12.8. The molecular weight excluding hydrogens is 272 g/mol. The van der Waals surface area contributed by atoms with E-state index in [2.05, 4.69) is 0 Å². The first-order valence-electron chi connectivity index (χ1n) is 7.68. The third-order valence-electron chi connectivity index (χ3n) is 3.91. The summed E-state index contributed by atoms with van der Waals surface area (Å²) in [6.07, 6.45) is 3.39. The lowest BCUT2D eigenvalue weighted by Crippen LogP contribution is -2.53. The fraction of sp³-hybridized carbons (Fsp3) is 0.867. The molecule has 6 nitrogen and oxygen atoms in total. The Morgan fingerprint density at radius 2 is 2.00 bits per heavy atom. The van der Waals surface area contributed by atoms with Crippen LogP contribution in [0.3, 0.4) is 0 Å². The van der Waals surface area contributed by atoms with Gasteiger partial charge in [0.15, 0.2) is 0 Å². The van der Waals surface area contributed by atoms with Gasteiger partial charge in [0, 0.05) is 31.3 Å². The molecule has 1 rings (SSSR count). The fourth-order valence-electron chi connectivity index (χ4n) is 2.80. The average molecular weight is 300 g/mol. The van der Waals surface area contributed by atoms with Gasteiger partial charge >= 0.3 is 12.0 Å². The molecule has 0 bridgehead atoms. The first kappa shape index (κ1) is 17.8. The third-order valence-corrected chi connectivity index (χ3v) is 3.91. The fourth-order valence-corrected chi connectivity index (χ4v) is 2.80. The molecule has 1 saturated heterocycles.